The first kappa shape index (κ1) is 11.6. The third-order valence-electron chi connectivity index (χ3n) is 3.55. The third-order valence-corrected chi connectivity index (χ3v) is 4.69. The van der Waals surface area contributed by atoms with Gasteiger partial charge in [0.1, 0.15) is 4.83 Å². The molecular formula is C17H12N2S. The lowest BCUT2D eigenvalue weighted by atomic mass is 10.0. The number of rotatable bonds is 1. The molecule has 0 bridgehead atoms. The number of benzene rings is 1. The monoisotopic (exact) mass is 276 g/mol. The van der Waals surface area contributed by atoms with Crippen LogP contribution in [0.1, 0.15) is 5.56 Å². The van der Waals surface area contributed by atoms with E-state index in [2.05, 4.69) is 41.2 Å². The maximum atomic E-state index is 4.52. The molecule has 4 aromatic rings. The van der Waals surface area contributed by atoms with Gasteiger partial charge in [-0.05, 0) is 36.8 Å². The summed E-state index contributed by atoms with van der Waals surface area (Å²) in [6.45, 7) is 2.14. The van der Waals surface area contributed by atoms with Crippen molar-refractivity contribution in [1.29, 1.82) is 0 Å². The fourth-order valence-corrected chi connectivity index (χ4v) is 3.85. The number of fused-ring (bicyclic) bond motifs is 3. The van der Waals surface area contributed by atoms with Crippen molar-refractivity contribution in [1.82, 2.24) is 9.97 Å². The zero-order valence-corrected chi connectivity index (χ0v) is 11.8. The third kappa shape index (κ3) is 1.63. The van der Waals surface area contributed by atoms with Crippen LogP contribution in [0.15, 0.2) is 54.9 Å². The van der Waals surface area contributed by atoms with E-state index in [0.717, 1.165) is 10.5 Å². The summed E-state index contributed by atoms with van der Waals surface area (Å²) in [4.78, 5) is 10.1. The van der Waals surface area contributed by atoms with Crippen molar-refractivity contribution < 1.29 is 0 Å². The van der Waals surface area contributed by atoms with Gasteiger partial charge in [0.25, 0.3) is 0 Å². The van der Waals surface area contributed by atoms with Gasteiger partial charge in [-0.15, -0.1) is 11.3 Å². The van der Waals surface area contributed by atoms with Gasteiger partial charge in [0.15, 0.2) is 0 Å². The molecule has 0 aliphatic heterocycles. The minimum absolute atomic E-state index is 1.03. The molecule has 0 spiro atoms. The Morgan fingerprint density at radius 2 is 1.75 bits per heavy atom. The molecule has 1 aromatic carbocycles. The standard InChI is InChI=1S/C17H12N2S/c1-11-7-8-12-13-5-4-10-19-17(13)20-16(12)15(11)14-6-2-3-9-18-14/h2-10H,1H3. The number of aryl methyl sites for hydroxylation is 1. The zero-order valence-electron chi connectivity index (χ0n) is 11.0. The SMILES string of the molecule is Cc1ccc2c(sc3ncccc32)c1-c1ccccn1. The van der Waals surface area contributed by atoms with Crippen molar-refractivity contribution in [3.8, 4) is 11.3 Å². The molecule has 0 aliphatic carbocycles. The van der Waals surface area contributed by atoms with Crippen molar-refractivity contribution in [2.75, 3.05) is 0 Å². The predicted molar refractivity (Wildman–Crippen MR) is 85.1 cm³/mol. The maximum Gasteiger partial charge on any atom is 0.124 e. The highest BCUT2D eigenvalue weighted by molar-refractivity contribution is 7.26. The molecule has 0 amide bonds. The quantitative estimate of drug-likeness (QED) is 0.498. The molecule has 0 radical (unpaired) electrons. The lowest BCUT2D eigenvalue weighted by molar-refractivity contribution is 1.32. The van der Waals surface area contributed by atoms with E-state index in [9.17, 15) is 0 Å². The second-order valence-corrected chi connectivity index (χ2v) is 5.81. The van der Waals surface area contributed by atoms with Gasteiger partial charge in [-0.3, -0.25) is 4.98 Å². The molecule has 3 heterocycles. The molecule has 20 heavy (non-hydrogen) atoms. The van der Waals surface area contributed by atoms with E-state index in [0.29, 0.717) is 0 Å². The number of aromatic nitrogens is 2. The van der Waals surface area contributed by atoms with Crippen LogP contribution in [0.2, 0.25) is 0 Å². The maximum absolute atomic E-state index is 4.52. The van der Waals surface area contributed by atoms with Gasteiger partial charge >= 0.3 is 0 Å². The van der Waals surface area contributed by atoms with E-state index >= 15 is 0 Å². The largest absolute Gasteiger partial charge is 0.256 e. The van der Waals surface area contributed by atoms with Gasteiger partial charge in [-0.1, -0.05) is 18.2 Å². The van der Waals surface area contributed by atoms with E-state index in [1.54, 1.807) is 11.3 Å². The Kier molecular flexibility index (Phi) is 2.54. The van der Waals surface area contributed by atoms with Crippen molar-refractivity contribution in [3.05, 3.63) is 60.4 Å². The molecule has 0 unspecified atom stereocenters. The summed E-state index contributed by atoms with van der Waals surface area (Å²) in [6.07, 6.45) is 3.70. The molecule has 0 N–H and O–H groups in total. The van der Waals surface area contributed by atoms with E-state index < -0.39 is 0 Å². The van der Waals surface area contributed by atoms with Crippen LogP contribution >= 0.6 is 11.3 Å². The van der Waals surface area contributed by atoms with Crippen LogP contribution in [0, 0.1) is 6.92 Å². The second-order valence-electron chi connectivity index (χ2n) is 4.81. The molecule has 0 saturated heterocycles. The van der Waals surface area contributed by atoms with Crippen molar-refractivity contribution in [3.63, 3.8) is 0 Å². The van der Waals surface area contributed by atoms with E-state index in [1.165, 1.54) is 26.6 Å². The Balaban J connectivity index is 2.17. The van der Waals surface area contributed by atoms with Crippen molar-refractivity contribution >= 4 is 31.6 Å². The number of nitrogens with zero attached hydrogens (tertiary/aromatic N) is 2. The Morgan fingerprint density at radius 3 is 2.60 bits per heavy atom. The molecule has 4 rings (SSSR count). The lowest BCUT2D eigenvalue weighted by Gasteiger charge is -2.06. The molecular weight excluding hydrogens is 264 g/mol. The van der Waals surface area contributed by atoms with E-state index in [4.69, 9.17) is 0 Å². The first-order chi connectivity index (χ1) is 9.84. The number of pyridine rings is 2. The molecule has 96 valence electrons. The van der Waals surface area contributed by atoms with Crippen LogP contribution in [-0.2, 0) is 0 Å². The van der Waals surface area contributed by atoms with Gasteiger partial charge in [-0.25, -0.2) is 4.98 Å². The van der Waals surface area contributed by atoms with E-state index in [1.807, 2.05) is 30.6 Å². The molecule has 3 aromatic heterocycles. The molecule has 3 heteroatoms. The average Bonchev–Trinajstić information content (AvgIpc) is 2.86. The summed E-state index contributed by atoms with van der Waals surface area (Å²) in [5, 5.41) is 2.49. The summed E-state index contributed by atoms with van der Waals surface area (Å²) in [5.41, 5.74) is 3.51. The van der Waals surface area contributed by atoms with Crippen LogP contribution in [0.3, 0.4) is 0 Å². The summed E-state index contributed by atoms with van der Waals surface area (Å²) >= 11 is 1.75. The molecule has 0 fully saturated rings. The minimum atomic E-state index is 1.03. The summed E-state index contributed by atoms with van der Waals surface area (Å²) in [6, 6.07) is 14.5. The van der Waals surface area contributed by atoms with Gasteiger partial charge in [0, 0.05) is 33.4 Å². The number of hydrogen-bond donors (Lipinski definition) is 0. The van der Waals surface area contributed by atoms with Crippen LogP contribution < -0.4 is 0 Å². The molecule has 2 nitrogen and oxygen atoms in total. The minimum Gasteiger partial charge on any atom is -0.256 e. The predicted octanol–water partition coefficient (Wildman–Crippen LogP) is 4.82. The zero-order chi connectivity index (χ0) is 13.5. The van der Waals surface area contributed by atoms with Crippen LogP contribution in [0.25, 0.3) is 31.6 Å². The fraction of sp³-hybridized carbons (Fsp3) is 0.0588. The highest BCUT2D eigenvalue weighted by Crippen LogP contribution is 2.39. The molecule has 0 aliphatic rings. The van der Waals surface area contributed by atoms with Crippen LogP contribution in [0.4, 0.5) is 0 Å². The summed E-state index contributed by atoms with van der Waals surface area (Å²) < 4.78 is 1.28. The summed E-state index contributed by atoms with van der Waals surface area (Å²) in [7, 11) is 0. The Bertz CT molecular complexity index is 910. The number of hydrogen-bond acceptors (Lipinski definition) is 3. The van der Waals surface area contributed by atoms with Crippen LogP contribution in [-0.4, -0.2) is 9.97 Å². The van der Waals surface area contributed by atoms with Gasteiger partial charge in [0.2, 0.25) is 0 Å². The first-order valence-electron chi connectivity index (χ1n) is 6.53. The number of thiophene rings is 1. The molecule has 0 saturated carbocycles. The average molecular weight is 276 g/mol. The second kappa shape index (κ2) is 4.39. The Hall–Kier alpha value is -2.26. The lowest BCUT2D eigenvalue weighted by Crippen LogP contribution is -1.86. The van der Waals surface area contributed by atoms with Crippen LogP contribution in [0.5, 0.6) is 0 Å². The smallest absolute Gasteiger partial charge is 0.124 e. The highest BCUT2D eigenvalue weighted by atomic mass is 32.1. The van der Waals surface area contributed by atoms with Gasteiger partial charge in [-0.2, -0.15) is 0 Å². The van der Waals surface area contributed by atoms with E-state index in [-0.39, 0.29) is 0 Å². The fourth-order valence-electron chi connectivity index (χ4n) is 2.60. The van der Waals surface area contributed by atoms with Gasteiger partial charge < -0.3 is 0 Å². The molecule has 0 atom stereocenters. The highest BCUT2D eigenvalue weighted by Gasteiger charge is 2.13. The first-order valence-corrected chi connectivity index (χ1v) is 7.34. The van der Waals surface area contributed by atoms with Gasteiger partial charge in [0.05, 0.1) is 5.69 Å². The summed E-state index contributed by atoms with van der Waals surface area (Å²) in [5.74, 6) is 0. The Morgan fingerprint density at radius 1 is 0.850 bits per heavy atom. The topological polar surface area (TPSA) is 25.8 Å². The normalized spacial score (nSPS) is 11.2. The Labute approximate surface area is 120 Å². The van der Waals surface area contributed by atoms with Crippen molar-refractivity contribution in [2.45, 2.75) is 6.92 Å². The van der Waals surface area contributed by atoms with Crippen molar-refractivity contribution in [2.24, 2.45) is 0 Å².